The summed E-state index contributed by atoms with van der Waals surface area (Å²) in [5, 5.41) is 66.7. The largest absolute Gasteiger partial charge is 0.480 e. The number of rotatable bonds is 34. The van der Waals surface area contributed by atoms with Crippen molar-refractivity contribution in [3.63, 3.8) is 0 Å². The highest BCUT2D eigenvalue weighted by Crippen LogP contribution is 2.21. The number of aliphatic carboxylic acids is 2. The molecule has 0 aromatic rings. The fourth-order valence-corrected chi connectivity index (χ4v) is 6.94. The maximum atomic E-state index is 13.8. The van der Waals surface area contributed by atoms with E-state index < -0.39 is 152 Å². The molecule has 1 aliphatic heterocycles. The van der Waals surface area contributed by atoms with Gasteiger partial charge in [-0.1, -0.05) is 39.5 Å². The van der Waals surface area contributed by atoms with Crippen LogP contribution in [0.1, 0.15) is 127 Å². The summed E-state index contributed by atoms with van der Waals surface area (Å²) in [6.45, 7) is 12.7. The Kier molecular flexibility index (Phi) is 31.1. The fraction of sp³-hybridized carbons (Fsp3) is 0.792. The Morgan fingerprint density at radius 1 is 0.553 bits per heavy atom. The number of nitrogens with one attached hydrogen (secondary N) is 7. The van der Waals surface area contributed by atoms with Crippen LogP contribution in [0.15, 0.2) is 0 Å². The van der Waals surface area contributed by atoms with Gasteiger partial charge >= 0.3 is 24.1 Å². The maximum absolute atomic E-state index is 13.8. The highest BCUT2D eigenvalue weighted by Gasteiger charge is 2.42. The molecule has 12 N–H and O–H groups in total. The Labute approximate surface area is 443 Å². The van der Waals surface area contributed by atoms with Crippen LogP contribution in [0.4, 0.5) is 9.59 Å². The van der Waals surface area contributed by atoms with E-state index in [1.165, 1.54) is 6.92 Å². The first-order chi connectivity index (χ1) is 35.5. The summed E-state index contributed by atoms with van der Waals surface area (Å²) >= 11 is 0. The number of carboxylic acids is 2. The van der Waals surface area contributed by atoms with Gasteiger partial charge in [-0.25, -0.2) is 19.2 Å². The van der Waals surface area contributed by atoms with E-state index in [2.05, 4.69) is 37.2 Å². The number of alkyl carbamates (subject to hydrolysis) is 2. The molecule has 0 aliphatic carbocycles. The first kappa shape index (κ1) is 68.1. The minimum atomic E-state index is -1.51. The van der Waals surface area contributed by atoms with Gasteiger partial charge in [0.05, 0.1) is 25.9 Å². The van der Waals surface area contributed by atoms with Gasteiger partial charge in [0, 0.05) is 32.5 Å². The zero-order valence-corrected chi connectivity index (χ0v) is 45.2. The third-order valence-corrected chi connectivity index (χ3v) is 10.9. The summed E-state index contributed by atoms with van der Waals surface area (Å²) in [5.41, 5.74) is -1.65. The van der Waals surface area contributed by atoms with Gasteiger partial charge in [-0.15, -0.1) is 0 Å². The summed E-state index contributed by atoms with van der Waals surface area (Å²) in [5.74, 6) is -8.09. The molecule has 1 heterocycles. The number of hydrogen-bond donors (Lipinski definition) is 12. The van der Waals surface area contributed by atoms with Gasteiger partial charge in [-0.3, -0.25) is 28.8 Å². The van der Waals surface area contributed by atoms with E-state index in [1.807, 2.05) is 0 Å². The molecule has 0 saturated carbocycles. The molecule has 0 unspecified atom stereocenters. The number of carboxylic acid groups (broad SMARTS) is 2. The highest BCUT2D eigenvalue weighted by atomic mass is 16.7. The molecule has 1 saturated heterocycles. The molecule has 76 heavy (non-hydrogen) atoms. The second-order valence-corrected chi connectivity index (χ2v) is 20.0. The average Bonchev–Trinajstić information content (AvgIpc) is 3.31. The van der Waals surface area contributed by atoms with Gasteiger partial charge in [0.2, 0.25) is 35.4 Å². The van der Waals surface area contributed by atoms with Gasteiger partial charge in [0.1, 0.15) is 66.8 Å². The summed E-state index contributed by atoms with van der Waals surface area (Å²) in [6.07, 6.45) is -7.51. The fourth-order valence-electron chi connectivity index (χ4n) is 6.94. The average molecular weight is 1090 g/mol. The Bertz CT molecular complexity index is 1800. The smallest absolute Gasteiger partial charge is 0.407 e. The third kappa shape index (κ3) is 28.8. The Morgan fingerprint density at radius 2 is 1.01 bits per heavy atom. The lowest BCUT2D eigenvalue weighted by Gasteiger charge is -2.38. The van der Waals surface area contributed by atoms with E-state index in [4.69, 9.17) is 23.7 Å². The number of amides is 8. The molecule has 0 radical (unpaired) electrons. The second kappa shape index (κ2) is 34.7. The van der Waals surface area contributed by atoms with Gasteiger partial charge in [-0.05, 0) is 74.1 Å². The van der Waals surface area contributed by atoms with Crippen LogP contribution in [-0.2, 0) is 62.0 Å². The number of aliphatic hydroxyl groups excluding tert-OH is 3. The first-order valence-electron chi connectivity index (χ1n) is 25.5. The van der Waals surface area contributed by atoms with Crippen LogP contribution in [0.25, 0.3) is 0 Å². The number of nitrogens with zero attached hydrogens (tertiary/aromatic N) is 1. The van der Waals surface area contributed by atoms with Gasteiger partial charge in [0.25, 0.3) is 0 Å². The molecule has 1 rings (SSSR count). The second-order valence-electron chi connectivity index (χ2n) is 20.0. The van der Waals surface area contributed by atoms with Crippen LogP contribution < -0.4 is 37.2 Å². The normalized spacial score (nSPS) is 19.0. The summed E-state index contributed by atoms with van der Waals surface area (Å²) < 4.78 is 26.5. The Hall–Kier alpha value is -5.94. The van der Waals surface area contributed by atoms with Crippen LogP contribution >= 0.6 is 0 Å². The maximum Gasteiger partial charge on any atom is 0.407 e. The Balaban J connectivity index is 3.18. The van der Waals surface area contributed by atoms with Crippen LogP contribution in [-0.4, -0.2) is 209 Å². The monoisotopic (exact) mass is 1090 g/mol. The Morgan fingerprint density at radius 3 is 1.43 bits per heavy atom. The number of ether oxygens (including phenoxy) is 5. The molecule has 0 aromatic carbocycles. The molecular weight excluding hydrogens is 1010 g/mol. The van der Waals surface area contributed by atoms with Crippen LogP contribution in [0.2, 0.25) is 0 Å². The van der Waals surface area contributed by atoms with E-state index in [-0.39, 0.29) is 65.1 Å². The van der Waals surface area contributed by atoms with Gasteiger partial charge in [-0.2, -0.15) is 0 Å². The van der Waals surface area contributed by atoms with E-state index in [0.29, 0.717) is 25.7 Å². The number of unbranched alkanes of at least 4 members (excludes halogenated alkanes) is 2. The predicted molar refractivity (Wildman–Crippen MR) is 268 cm³/mol. The van der Waals surface area contributed by atoms with Crippen molar-refractivity contribution < 1.29 is 97.2 Å². The summed E-state index contributed by atoms with van der Waals surface area (Å²) in [6, 6.07) is -5.69. The molecule has 1 aliphatic rings. The zero-order valence-electron chi connectivity index (χ0n) is 45.2. The minimum absolute atomic E-state index is 0.0179. The topological polar surface area (TPSA) is 405 Å². The van der Waals surface area contributed by atoms with Crippen molar-refractivity contribution in [1.82, 2.24) is 42.1 Å². The van der Waals surface area contributed by atoms with E-state index in [1.54, 1.807) is 55.4 Å². The van der Waals surface area contributed by atoms with Crippen molar-refractivity contribution in [3.8, 4) is 0 Å². The van der Waals surface area contributed by atoms with E-state index in [0.717, 1.165) is 4.90 Å². The SMILES string of the molecule is CCCC[C@H](NC(=O)CN(CC(=O)N[C@H](CCCC)C(=O)N[C@H](CCNC(=O)OC(C)(C)C)C(=O)O)C(=O)CCC(=O)NCCOCCO[C@@H]1O[C@@H](C)[C@H](O)[C@@H](O)[C@H]1O)C(=O)N[C@@H](CCNC(=O)OC(C)(C)C)C(=O)O. The molecule has 436 valence electrons. The summed E-state index contributed by atoms with van der Waals surface area (Å²) in [7, 11) is 0. The molecule has 0 aromatic heterocycles. The predicted octanol–water partition coefficient (Wildman–Crippen LogP) is -1.11. The molecule has 0 spiro atoms. The van der Waals surface area contributed by atoms with Crippen LogP contribution in [0, 0.1) is 0 Å². The van der Waals surface area contributed by atoms with Crippen molar-refractivity contribution >= 4 is 59.6 Å². The standard InChI is InChI=1S/C48H84N8O20/c1-10-12-14-29(40(64)54-31(42(66)67)18-20-50-45(70)75-47(4,5)6)52-34(58)26-56(36(60)17-16-33(57)49-22-23-72-24-25-73-44-39(63)38(62)37(61)28(3)74-44)27-35(59)53-30(15-13-11-2)41(65)55-32(43(68)69)19-21-51-46(71)76-48(7,8)9/h28-32,37-39,44,61-63H,10-27H2,1-9H3,(H,49,57)(H,50,70)(H,51,71)(H,52,58)(H,53,59)(H,54,64)(H,55,65)(H,66,67)(H,68,69)/t28-,29-,30+,31-,32+,37-,38+,39+,44+/m0/s1. The number of hydrogen-bond acceptors (Lipinski definition) is 18. The van der Waals surface area contributed by atoms with Crippen LogP contribution in [0.3, 0.4) is 0 Å². The lowest BCUT2D eigenvalue weighted by atomic mass is 10.0. The van der Waals surface area contributed by atoms with Gasteiger partial charge in [0.15, 0.2) is 6.29 Å². The van der Waals surface area contributed by atoms with Crippen LogP contribution in [0.5, 0.6) is 0 Å². The first-order valence-corrected chi connectivity index (χ1v) is 25.5. The molecule has 0 bridgehead atoms. The highest BCUT2D eigenvalue weighted by molar-refractivity contribution is 5.95. The summed E-state index contributed by atoms with van der Waals surface area (Å²) in [4.78, 5) is 130. The van der Waals surface area contributed by atoms with E-state index in [9.17, 15) is 73.5 Å². The minimum Gasteiger partial charge on any atom is -0.480 e. The lowest BCUT2D eigenvalue weighted by Crippen LogP contribution is -2.57. The number of carbonyl (C=O) groups is 10. The molecule has 1 fully saturated rings. The third-order valence-electron chi connectivity index (χ3n) is 10.9. The molecule has 28 nitrogen and oxygen atoms in total. The van der Waals surface area contributed by atoms with Crippen molar-refractivity contribution in [1.29, 1.82) is 0 Å². The molecule has 28 heteroatoms. The van der Waals surface area contributed by atoms with Gasteiger partial charge < -0.3 is 91.3 Å². The lowest BCUT2D eigenvalue weighted by molar-refractivity contribution is -0.294. The molecule has 8 amide bonds. The number of carbonyl (C=O) groups excluding carboxylic acids is 8. The van der Waals surface area contributed by atoms with E-state index >= 15 is 0 Å². The van der Waals surface area contributed by atoms with Crippen molar-refractivity contribution in [2.45, 2.75) is 193 Å². The van der Waals surface area contributed by atoms with Crippen molar-refractivity contribution in [2.75, 3.05) is 52.5 Å². The molecular formula is C48H84N8O20. The molecule has 9 atom stereocenters. The van der Waals surface area contributed by atoms with Crippen molar-refractivity contribution in [2.24, 2.45) is 0 Å². The number of aliphatic hydroxyl groups is 3. The van der Waals surface area contributed by atoms with Crippen molar-refractivity contribution in [3.05, 3.63) is 0 Å². The quantitative estimate of drug-likeness (QED) is 0.0340. The zero-order chi connectivity index (χ0) is 57.8.